The van der Waals surface area contributed by atoms with Gasteiger partial charge in [0.15, 0.2) is 14.9 Å². The standard InChI is InChI=1S/C6H10N2O4S3/c1-8-4-2-14(9,10)3-5(4)15(11,12)7-6(8)13/h4-5H,2-3H2,1H3,(H,7,13). The SMILES string of the molecule is CN1C(=S)NS(=O)(=O)C2CS(=O)(=O)CC21. The maximum Gasteiger partial charge on any atom is 0.240 e. The summed E-state index contributed by atoms with van der Waals surface area (Å²) in [6.45, 7) is 0. The van der Waals surface area contributed by atoms with Crippen LogP contribution in [0, 0.1) is 0 Å². The summed E-state index contributed by atoms with van der Waals surface area (Å²) in [5.74, 6) is -0.463. The number of fused-ring (bicyclic) bond motifs is 1. The fourth-order valence-electron chi connectivity index (χ4n) is 1.87. The van der Waals surface area contributed by atoms with Gasteiger partial charge in [0, 0.05) is 7.05 Å². The van der Waals surface area contributed by atoms with E-state index in [0.717, 1.165) is 0 Å². The molecule has 15 heavy (non-hydrogen) atoms. The van der Waals surface area contributed by atoms with Crippen LogP contribution in [0.5, 0.6) is 0 Å². The number of sulfone groups is 1. The highest BCUT2D eigenvalue weighted by Crippen LogP contribution is 2.26. The van der Waals surface area contributed by atoms with Crippen molar-refractivity contribution >= 4 is 37.2 Å². The first-order valence-electron chi connectivity index (χ1n) is 4.22. The summed E-state index contributed by atoms with van der Waals surface area (Å²) >= 11 is 4.82. The van der Waals surface area contributed by atoms with E-state index in [0.29, 0.717) is 0 Å². The smallest absolute Gasteiger partial charge is 0.240 e. The van der Waals surface area contributed by atoms with Crippen LogP contribution < -0.4 is 4.72 Å². The molecule has 1 N–H and O–H groups in total. The molecule has 0 aliphatic carbocycles. The average Bonchev–Trinajstić information content (AvgIpc) is 2.38. The molecule has 0 amide bonds. The summed E-state index contributed by atoms with van der Waals surface area (Å²) in [6.07, 6.45) is 0. The number of nitrogens with zero attached hydrogens (tertiary/aromatic N) is 1. The summed E-state index contributed by atoms with van der Waals surface area (Å²) in [5.41, 5.74) is 0. The van der Waals surface area contributed by atoms with E-state index in [1.54, 1.807) is 7.05 Å². The van der Waals surface area contributed by atoms with Gasteiger partial charge in [-0.25, -0.2) is 16.8 Å². The van der Waals surface area contributed by atoms with Crippen LogP contribution in [0.2, 0.25) is 0 Å². The van der Waals surface area contributed by atoms with E-state index in [9.17, 15) is 16.8 Å². The molecule has 0 aromatic carbocycles. The zero-order chi connectivity index (χ0) is 11.4. The van der Waals surface area contributed by atoms with E-state index in [4.69, 9.17) is 12.2 Å². The molecule has 2 aliphatic rings. The first-order valence-corrected chi connectivity index (χ1v) is 7.99. The highest BCUT2D eigenvalue weighted by atomic mass is 32.2. The first kappa shape index (κ1) is 11.1. The van der Waals surface area contributed by atoms with E-state index in [-0.39, 0.29) is 16.6 Å². The molecule has 0 aromatic rings. The van der Waals surface area contributed by atoms with Gasteiger partial charge in [0.05, 0.1) is 17.5 Å². The van der Waals surface area contributed by atoms with E-state index in [1.165, 1.54) is 4.90 Å². The molecule has 2 heterocycles. The van der Waals surface area contributed by atoms with E-state index in [1.807, 2.05) is 0 Å². The molecule has 0 bridgehead atoms. The lowest BCUT2D eigenvalue weighted by Crippen LogP contribution is -2.60. The third kappa shape index (κ3) is 1.72. The van der Waals surface area contributed by atoms with Gasteiger partial charge in [0.1, 0.15) is 5.25 Å². The minimum absolute atomic E-state index is 0.0633. The number of nitrogens with one attached hydrogen (secondary N) is 1. The number of thiocarbonyl (C=S) groups is 1. The number of sulfonamides is 1. The second kappa shape index (κ2) is 3.05. The van der Waals surface area contributed by atoms with Crippen molar-refractivity contribution < 1.29 is 16.8 Å². The second-order valence-corrected chi connectivity index (χ2v) is 8.19. The number of hydrogen-bond donors (Lipinski definition) is 1. The largest absolute Gasteiger partial charge is 0.346 e. The Hall–Kier alpha value is -0.410. The lowest BCUT2D eigenvalue weighted by Gasteiger charge is -2.35. The molecule has 86 valence electrons. The van der Waals surface area contributed by atoms with Crippen molar-refractivity contribution in [3.8, 4) is 0 Å². The van der Waals surface area contributed by atoms with Crippen LogP contribution in [-0.4, -0.2) is 56.7 Å². The Morgan fingerprint density at radius 2 is 1.93 bits per heavy atom. The summed E-state index contributed by atoms with van der Waals surface area (Å²) < 4.78 is 48.2. The van der Waals surface area contributed by atoms with Crippen LogP contribution in [0.3, 0.4) is 0 Å². The summed E-state index contributed by atoms with van der Waals surface area (Å²) in [6, 6.07) is -0.547. The monoisotopic (exact) mass is 270 g/mol. The van der Waals surface area contributed by atoms with Crippen molar-refractivity contribution in [3.05, 3.63) is 0 Å². The van der Waals surface area contributed by atoms with Gasteiger partial charge in [-0.2, -0.15) is 0 Å². The fourth-order valence-corrected chi connectivity index (χ4v) is 6.88. The third-order valence-corrected chi connectivity index (χ3v) is 6.92. The maximum absolute atomic E-state index is 11.6. The van der Waals surface area contributed by atoms with E-state index < -0.39 is 31.2 Å². The van der Waals surface area contributed by atoms with Gasteiger partial charge in [-0.05, 0) is 12.2 Å². The Morgan fingerprint density at radius 3 is 2.53 bits per heavy atom. The predicted octanol–water partition coefficient (Wildman–Crippen LogP) is -1.70. The average molecular weight is 270 g/mol. The van der Waals surface area contributed by atoms with Crippen LogP contribution in [0.15, 0.2) is 0 Å². The maximum atomic E-state index is 11.6. The molecule has 6 nitrogen and oxygen atoms in total. The molecular weight excluding hydrogens is 260 g/mol. The van der Waals surface area contributed by atoms with E-state index in [2.05, 4.69) is 4.72 Å². The zero-order valence-electron chi connectivity index (χ0n) is 7.87. The Labute approximate surface area is 93.6 Å². The van der Waals surface area contributed by atoms with Gasteiger partial charge in [-0.15, -0.1) is 0 Å². The molecule has 2 unspecified atom stereocenters. The summed E-state index contributed by atoms with van der Waals surface area (Å²) in [4.78, 5) is 1.51. The highest BCUT2D eigenvalue weighted by Gasteiger charge is 2.51. The number of rotatable bonds is 0. The van der Waals surface area contributed by atoms with Crippen LogP contribution in [-0.2, 0) is 19.9 Å². The molecule has 2 rings (SSSR count). The lowest BCUT2D eigenvalue weighted by atomic mass is 10.2. The molecule has 2 aliphatic heterocycles. The summed E-state index contributed by atoms with van der Waals surface area (Å²) in [7, 11) is -5.30. The Bertz CT molecular complexity index is 508. The van der Waals surface area contributed by atoms with Crippen molar-refractivity contribution in [2.24, 2.45) is 0 Å². The van der Waals surface area contributed by atoms with Crippen molar-refractivity contribution in [1.82, 2.24) is 9.62 Å². The van der Waals surface area contributed by atoms with Crippen LogP contribution in [0.4, 0.5) is 0 Å². The topological polar surface area (TPSA) is 83.6 Å². The zero-order valence-corrected chi connectivity index (χ0v) is 10.3. The summed E-state index contributed by atoms with van der Waals surface area (Å²) in [5, 5.41) is -0.840. The second-order valence-electron chi connectivity index (χ2n) is 3.75. The van der Waals surface area contributed by atoms with E-state index >= 15 is 0 Å². The van der Waals surface area contributed by atoms with Crippen molar-refractivity contribution in [2.45, 2.75) is 11.3 Å². The minimum atomic E-state index is -3.63. The lowest BCUT2D eigenvalue weighted by molar-refractivity contribution is 0.378. The quantitative estimate of drug-likeness (QED) is 0.528. The normalized spacial score (nSPS) is 37.1. The van der Waals surface area contributed by atoms with Crippen LogP contribution in [0.25, 0.3) is 0 Å². The van der Waals surface area contributed by atoms with Crippen molar-refractivity contribution in [1.29, 1.82) is 0 Å². The molecule has 2 atom stereocenters. The molecule has 9 heteroatoms. The van der Waals surface area contributed by atoms with Crippen molar-refractivity contribution in [2.75, 3.05) is 18.6 Å². The van der Waals surface area contributed by atoms with Gasteiger partial charge in [0.25, 0.3) is 0 Å². The molecule has 2 saturated heterocycles. The van der Waals surface area contributed by atoms with Gasteiger partial charge >= 0.3 is 0 Å². The van der Waals surface area contributed by atoms with Crippen LogP contribution in [0.1, 0.15) is 0 Å². The van der Waals surface area contributed by atoms with Gasteiger partial charge < -0.3 is 4.90 Å². The minimum Gasteiger partial charge on any atom is -0.346 e. The molecular formula is C6H10N2O4S3. The molecule has 0 radical (unpaired) electrons. The van der Waals surface area contributed by atoms with Gasteiger partial charge in [0.2, 0.25) is 10.0 Å². The molecule has 0 aromatic heterocycles. The van der Waals surface area contributed by atoms with Gasteiger partial charge in [-0.3, -0.25) is 4.72 Å². The molecule has 0 spiro atoms. The highest BCUT2D eigenvalue weighted by molar-refractivity contribution is 7.96. The first-order chi connectivity index (χ1) is 6.73. The Balaban J connectivity index is 2.48. The Morgan fingerprint density at radius 1 is 1.33 bits per heavy atom. The van der Waals surface area contributed by atoms with Crippen molar-refractivity contribution in [3.63, 3.8) is 0 Å². The number of hydrogen-bond acceptors (Lipinski definition) is 5. The molecule has 2 fully saturated rings. The molecule has 0 saturated carbocycles. The third-order valence-electron chi connectivity index (χ3n) is 2.72. The predicted molar refractivity (Wildman–Crippen MR) is 58.6 cm³/mol. The van der Waals surface area contributed by atoms with Crippen LogP contribution >= 0.6 is 12.2 Å². The Kier molecular flexibility index (Phi) is 2.25. The fraction of sp³-hybridized carbons (Fsp3) is 0.833. The van der Waals surface area contributed by atoms with Gasteiger partial charge in [-0.1, -0.05) is 0 Å².